The van der Waals surface area contributed by atoms with Crippen molar-refractivity contribution in [2.24, 2.45) is 0 Å². The predicted octanol–water partition coefficient (Wildman–Crippen LogP) is 3.15. The average molecular weight is 286 g/mol. The van der Waals surface area contributed by atoms with Crippen molar-refractivity contribution in [2.75, 3.05) is 14.2 Å². The largest absolute Gasteiger partial charge is 0.493 e. The lowest BCUT2D eigenvalue weighted by Gasteiger charge is -2.39. The first kappa shape index (κ1) is 14.6. The van der Waals surface area contributed by atoms with E-state index in [2.05, 4.69) is 0 Å². The lowest BCUT2D eigenvalue weighted by Crippen LogP contribution is -2.43. The van der Waals surface area contributed by atoms with Crippen molar-refractivity contribution >= 4 is 5.97 Å². The second-order valence-electron chi connectivity index (χ2n) is 4.84. The van der Waals surface area contributed by atoms with Gasteiger partial charge in [-0.05, 0) is 30.5 Å². The summed E-state index contributed by atoms with van der Waals surface area (Å²) in [7, 11) is 2.74. The van der Waals surface area contributed by atoms with Crippen LogP contribution in [0.5, 0.6) is 11.5 Å². The van der Waals surface area contributed by atoms with Gasteiger partial charge in [0.25, 0.3) is 6.43 Å². The molecule has 0 unspecified atom stereocenters. The van der Waals surface area contributed by atoms with E-state index in [0.29, 0.717) is 19.3 Å². The van der Waals surface area contributed by atoms with E-state index in [1.54, 1.807) is 0 Å². The number of benzene rings is 1. The second-order valence-corrected chi connectivity index (χ2v) is 4.84. The van der Waals surface area contributed by atoms with Gasteiger partial charge in [-0.2, -0.15) is 0 Å². The van der Waals surface area contributed by atoms with Gasteiger partial charge in [-0.1, -0.05) is 6.42 Å². The minimum atomic E-state index is -2.76. The SMILES string of the molecule is COc1cc(C(F)F)c(C2(C(=O)O)CCC2)cc1OC. The van der Waals surface area contributed by atoms with Crippen LogP contribution in [0, 0.1) is 0 Å². The van der Waals surface area contributed by atoms with Crippen LogP contribution in [0.2, 0.25) is 0 Å². The zero-order chi connectivity index (χ0) is 14.9. The molecule has 0 spiro atoms. The average Bonchev–Trinajstić information content (AvgIpc) is 2.35. The summed E-state index contributed by atoms with van der Waals surface area (Å²) in [5.41, 5.74) is -1.40. The minimum Gasteiger partial charge on any atom is -0.493 e. The molecule has 4 nitrogen and oxygen atoms in total. The molecule has 0 atom stereocenters. The Labute approximate surface area is 115 Å². The maximum Gasteiger partial charge on any atom is 0.314 e. The van der Waals surface area contributed by atoms with Gasteiger partial charge in [0.15, 0.2) is 11.5 Å². The Morgan fingerprint density at radius 2 is 1.80 bits per heavy atom. The zero-order valence-electron chi connectivity index (χ0n) is 11.3. The Balaban J connectivity index is 2.64. The van der Waals surface area contributed by atoms with E-state index >= 15 is 0 Å². The standard InChI is InChI=1S/C14H16F2O4/c1-19-10-6-8(12(15)16)9(7-11(10)20-2)14(13(17)18)4-3-5-14/h6-7,12H,3-5H2,1-2H3,(H,17,18). The Morgan fingerprint density at radius 1 is 1.25 bits per heavy atom. The number of aliphatic carboxylic acids is 1. The topological polar surface area (TPSA) is 55.8 Å². The van der Waals surface area contributed by atoms with E-state index in [9.17, 15) is 18.7 Å². The number of alkyl halides is 2. The van der Waals surface area contributed by atoms with Gasteiger partial charge in [-0.15, -0.1) is 0 Å². The molecule has 0 heterocycles. The molecule has 1 aromatic carbocycles. The van der Waals surface area contributed by atoms with Gasteiger partial charge in [0.2, 0.25) is 0 Å². The molecule has 0 saturated heterocycles. The van der Waals surface area contributed by atoms with Crippen LogP contribution in [0.4, 0.5) is 8.78 Å². The lowest BCUT2D eigenvalue weighted by molar-refractivity contribution is -0.147. The van der Waals surface area contributed by atoms with Crippen molar-refractivity contribution in [3.63, 3.8) is 0 Å². The molecule has 2 rings (SSSR count). The fourth-order valence-corrected chi connectivity index (χ4v) is 2.62. The number of carboxylic acid groups (broad SMARTS) is 1. The third-order valence-corrected chi connectivity index (χ3v) is 3.92. The lowest BCUT2D eigenvalue weighted by atomic mass is 9.63. The number of halogens is 2. The first-order chi connectivity index (χ1) is 9.46. The molecule has 110 valence electrons. The summed E-state index contributed by atoms with van der Waals surface area (Å²) in [4.78, 5) is 11.5. The van der Waals surface area contributed by atoms with E-state index in [1.165, 1.54) is 26.4 Å². The fourth-order valence-electron chi connectivity index (χ4n) is 2.62. The van der Waals surface area contributed by atoms with Crippen molar-refractivity contribution in [1.82, 2.24) is 0 Å². The van der Waals surface area contributed by atoms with Crippen molar-refractivity contribution in [1.29, 1.82) is 0 Å². The van der Waals surface area contributed by atoms with E-state index < -0.39 is 17.8 Å². The van der Waals surface area contributed by atoms with Gasteiger partial charge in [0.1, 0.15) is 0 Å². The maximum absolute atomic E-state index is 13.2. The van der Waals surface area contributed by atoms with Gasteiger partial charge in [-0.3, -0.25) is 4.79 Å². The highest BCUT2D eigenvalue weighted by atomic mass is 19.3. The molecule has 0 aliphatic heterocycles. The van der Waals surface area contributed by atoms with Crippen molar-refractivity contribution in [3.8, 4) is 11.5 Å². The third-order valence-electron chi connectivity index (χ3n) is 3.92. The number of carboxylic acids is 1. The third kappa shape index (κ3) is 2.09. The molecule has 0 amide bonds. The summed E-state index contributed by atoms with van der Waals surface area (Å²) in [6.07, 6.45) is -1.33. The number of hydrogen-bond donors (Lipinski definition) is 1. The molecule has 1 saturated carbocycles. The molecule has 1 aromatic rings. The van der Waals surface area contributed by atoms with E-state index in [0.717, 1.165) is 0 Å². The molecule has 1 aliphatic rings. The van der Waals surface area contributed by atoms with Crippen LogP contribution in [0.1, 0.15) is 36.8 Å². The predicted molar refractivity (Wildman–Crippen MR) is 67.7 cm³/mol. The molecule has 1 N–H and O–H groups in total. The normalized spacial score (nSPS) is 16.6. The van der Waals surface area contributed by atoms with Gasteiger partial charge in [0.05, 0.1) is 19.6 Å². The molecule has 0 bridgehead atoms. The second kappa shape index (κ2) is 5.26. The highest BCUT2D eigenvalue weighted by Crippen LogP contribution is 2.49. The molecule has 20 heavy (non-hydrogen) atoms. The summed E-state index contributed by atoms with van der Waals surface area (Å²) < 4.78 is 36.6. The molecular formula is C14H16F2O4. The van der Waals surface area contributed by atoms with Crippen LogP contribution in [0.25, 0.3) is 0 Å². The number of ether oxygens (including phenoxy) is 2. The highest BCUT2D eigenvalue weighted by molar-refractivity contribution is 5.83. The van der Waals surface area contributed by atoms with Crippen LogP contribution in [0.15, 0.2) is 12.1 Å². The molecule has 0 radical (unpaired) electrons. The van der Waals surface area contributed by atoms with Crippen LogP contribution in [-0.4, -0.2) is 25.3 Å². The van der Waals surface area contributed by atoms with Crippen LogP contribution in [0.3, 0.4) is 0 Å². The van der Waals surface area contributed by atoms with E-state index in [1.807, 2.05) is 0 Å². The Kier molecular flexibility index (Phi) is 3.83. The van der Waals surface area contributed by atoms with E-state index in [-0.39, 0.29) is 22.6 Å². The fraction of sp³-hybridized carbons (Fsp3) is 0.500. The van der Waals surface area contributed by atoms with Crippen LogP contribution < -0.4 is 9.47 Å². The number of hydrogen-bond acceptors (Lipinski definition) is 3. The summed E-state index contributed by atoms with van der Waals surface area (Å²) in [5, 5.41) is 9.42. The van der Waals surface area contributed by atoms with Crippen molar-refractivity contribution in [3.05, 3.63) is 23.3 Å². The Bertz CT molecular complexity index is 524. The maximum atomic E-state index is 13.2. The quantitative estimate of drug-likeness (QED) is 0.903. The zero-order valence-corrected chi connectivity index (χ0v) is 11.3. The number of methoxy groups -OCH3 is 2. The van der Waals surface area contributed by atoms with E-state index in [4.69, 9.17) is 9.47 Å². The smallest absolute Gasteiger partial charge is 0.314 e. The minimum absolute atomic E-state index is 0.129. The molecule has 6 heteroatoms. The highest BCUT2D eigenvalue weighted by Gasteiger charge is 2.48. The summed E-state index contributed by atoms with van der Waals surface area (Å²) in [6.45, 7) is 0. The molecule has 1 aliphatic carbocycles. The first-order valence-corrected chi connectivity index (χ1v) is 6.24. The van der Waals surface area contributed by atoms with Gasteiger partial charge in [-0.25, -0.2) is 8.78 Å². The monoisotopic (exact) mass is 286 g/mol. The van der Waals surface area contributed by atoms with Crippen molar-refractivity contribution in [2.45, 2.75) is 31.1 Å². The summed E-state index contributed by atoms with van der Waals surface area (Å²) >= 11 is 0. The van der Waals surface area contributed by atoms with Gasteiger partial charge in [0, 0.05) is 5.56 Å². The first-order valence-electron chi connectivity index (χ1n) is 6.24. The Hall–Kier alpha value is -1.85. The summed E-state index contributed by atoms with van der Waals surface area (Å²) in [6, 6.07) is 2.54. The van der Waals surface area contributed by atoms with Crippen molar-refractivity contribution < 1.29 is 28.2 Å². The van der Waals surface area contributed by atoms with Gasteiger partial charge < -0.3 is 14.6 Å². The number of carbonyl (C=O) groups is 1. The van der Waals surface area contributed by atoms with Crippen LogP contribution in [-0.2, 0) is 10.2 Å². The van der Waals surface area contributed by atoms with Crippen LogP contribution >= 0.6 is 0 Å². The number of rotatable bonds is 5. The van der Waals surface area contributed by atoms with Gasteiger partial charge >= 0.3 is 5.97 Å². The molecule has 0 aromatic heterocycles. The molecule has 1 fully saturated rings. The Morgan fingerprint density at radius 3 is 2.15 bits per heavy atom. The molecular weight excluding hydrogens is 270 g/mol. The summed E-state index contributed by atoms with van der Waals surface area (Å²) in [5.74, 6) is -0.635.